The van der Waals surface area contributed by atoms with Crippen LogP contribution in [0.2, 0.25) is 5.02 Å². The van der Waals surface area contributed by atoms with Gasteiger partial charge in [0.2, 0.25) is 5.82 Å². The topological polar surface area (TPSA) is 63.0 Å². The molecule has 2 radical (unpaired) electrons. The number of aromatic nitrogens is 5. The van der Waals surface area contributed by atoms with Crippen molar-refractivity contribution < 1.29 is 0 Å². The van der Waals surface area contributed by atoms with Crippen LogP contribution in [0.15, 0.2) is 24.4 Å². The zero-order chi connectivity index (χ0) is 18.5. The van der Waals surface area contributed by atoms with Crippen molar-refractivity contribution in [2.45, 2.75) is 6.92 Å². The summed E-state index contributed by atoms with van der Waals surface area (Å²) >= 11 is 8.02. The van der Waals surface area contributed by atoms with Crippen molar-refractivity contribution in [1.82, 2.24) is 25.2 Å². The molecule has 27 heavy (non-hydrogen) atoms. The molecular weight excluding hydrogens is 382 g/mol. The first-order valence-corrected chi connectivity index (χ1v) is 10.0. The maximum atomic E-state index is 6.43. The van der Waals surface area contributed by atoms with Gasteiger partial charge < -0.3 is 9.80 Å². The smallest absolute Gasteiger partial charge is 0.216 e. The average molecular weight is 400 g/mol. The van der Waals surface area contributed by atoms with Gasteiger partial charge in [0, 0.05) is 38.0 Å². The van der Waals surface area contributed by atoms with E-state index < -0.39 is 0 Å². The molecule has 2 saturated heterocycles. The van der Waals surface area contributed by atoms with Gasteiger partial charge in [0.05, 0.1) is 21.8 Å². The summed E-state index contributed by atoms with van der Waals surface area (Å²) in [7, 11) is 5.48. The van der Waals surface area contributed by atoms with Crippen LogP contribution in [0, 0.1) is 25.8 Å². The molecule has 0 amide bonds. The van der Waals surface area contributed by atoms with Crippen molar-refractivity contribution in [3.05, 3.63) is 42.0 Å². The second-order valence-corrected chi connectivity index (χ2v) is 8.64. The van der Waals surface area contributed by atoms with Gasteiger partial charge in [0.15, 0.2) is 5.13 Å². The number of hydrogen-bond donors (Lipinski definition) is 0. The lowest BCUT2D eigenvalue weighted by atomic mass is 10.0. The Labute approximate surface area is 166 Å². The van der Waals surface area contributed by atoms with E-state index in [9.17, 15) is 0 Å². The molecule has 3 aromatic rings. The number of aryl methyl sites for hydroxylation is 1. The highest BCUT2D eigenvalue weighted by Gasteiger charge is 2.41. The summed E-state index contributed by atoms with van der Waals surface area (Å²) in [6.45, 7) is 6.19. The van der Waals surface area contributed by atoms with Gasteiger partial charge >= 0.3 is 0 Å². The van der Waals surface area contributed by atoms with E-state index in [4.69, 9.17) is 18.6 Å². The average Bonchev–Trinajstić information content (AvgIpc) is 3.38. The van der Waals surface area contributed by atoms with E-state index in [1.54, 1.807) is 17.5 Å². The van der Waals surface area contributed by atoms with E-state index in [-0.39, 0.29) is 0 Å². The molecule has 2 aromatic heterocycles. The number of nitrogens with zero attached hydrogens (tertiary/aromatic N) is 7. The first-order chi connectivity index (χ1) is 13.1. The van der Waals surface area contributed by atoms with E-state index in [1.165, 1.54) is 5.56 Å². The van der Waals surface area contributed by atoms with Crippen LogP contribution in [0.3, 0.4) is 0 Å². The summed E-state index contributed by atoms with van der Waals surface area (Å²) in [4.78, 5) is 11.2. The largest absolute Gasteiger partial charge is 0.370 e. The van der Waals surface area contributed by atoms with Crippen LogP contribution in [0.1, 0.15) is 5.56 Å². The van der Waals surface area contributed by atoms with Crippen molar-refractivity contribution >= 4 is 33.8 Å². The molecule has 2 fully saturated rings. The minimum Gasteiger partial charge on any atom is -0.370 e. The third kappa shape index (κ3) is 3.06. The summed E-state index contributed by atoms with van der Waals surface area (Å²) in [5.41, 5.74) is 2.40. The lowest BCUT2D eigenvalue weighted by molar-refractivity contribution is 0.533. The van der Waals surface area contributed by atoms with Gasteiger partial charge in [-0.2, -0.15) is 4.80 Å². The second kappa shape index (κ2) is 6.45. The van der Waals surface area contributed by atoms with E-state index in [1.807, 2.05) is 6.07 Å². The molecule has 9 heteroatoms. The molecule has 2 aliphatic rings. The van der Waals surface area contributed by atoms with Crippen LogP contribution < -0.4 is 9.80 Å². The molecule has 0 bridgehead atoms. The first-order valence-electron chi connectivity index (χ1n) is 8.84. The Bertz CT molecular complexity index is 970. The number of fused-ring (bicyclic) bond motifs is 1. The third-order valence-electron chi connectivity index (χ3n) is 5.34. The van der Waals surface area contributed by atoms with E-state index in [2.05, 4.69) is 49.3 Å². The summed E-state index contributed by atoms with van der Waals surface area (Å²) < 4.78 is 0. The second-order valence-electron chi connectivity index (χ2n) is 7.23. The van der Waals surface area contributed by atoms with Gasteiger partial charge in [-0.3, -0.25) is 0 Å². The molecule has 0 saturated carbocycles. The predicted octanol–water partition coefficient (Wildman–Crippen LogP) is 2.85. The van der Waals surface area contributed by atoms with Crippen molar-refractivity contribution in [2.75, 3.05) is 36.0 Å². The number of hydrogen-bond acceptors (Lipinski definition) is 7. The molecule has 0 N–H and O–H groups in total. The highest BCUT2D eigenvalue weighted by Crippen LogP contribution is 2.40. The molecule has 2 atom stereocenters. The van der Waals surface area contributed by atoms with Crippen LogP contribution in [0.4, 0.5) is 10.8 Å². The molecule has 2 aliphatic heterocycles. The van der Waals surface area contributed by atoms with Gasteiger partial charge in [-0.15, -0.1) is 10.2 Å². The normalized spacial score (nSPS) is 21.9. The van der Waals surface area contributed by atoms with Crippen molar-refractivity contribution in [3.63, 3.8) is 0 Å². The van der Waals surface area contributed by atoms with Crippen LogP contribution in [-0.4, -0.2) is 51.4 Å². The van der Waals surface area contributed by atoms with E-state index >= 15 is 0 Å². The zero-order valence-corrected chi connectivity index (χ0v) is 16.4. The summed E-state index contributed by atoms with van der Waals surface area (Å²) in [5.74, 6) is 1.76. The number of thiazole rings is 1. The third-order valence-corrected chi connectivity index (χ3v) is 6.71. The van der Waals surface area contributed by atoms with Crippen LogP contribution in [-0.2, 0) is 0 Å². The van der Waals surface area contributed by atoms with Crippen LogP contribution in [0.25, 0.3) is 10.7 Å². The first kappa shape index (κ1) is 16.9. The molecule has 2 unspecified atom stereocenters. The van der Waals surface area contributed by atoms with Gasteiger partial charge in [-0.05, 0) is 29.8 Å². The molecule has 1 aromatic carbocycles. The minimum absolute atomic E-state index is 0.515. The van der Waals surface area contributed by atoms with Crippen LogP contribution in [0.5, 0.6) is 0 Å². The molecular formula is C18H18ClN7S. The summed E-state index contributed by atoms with van der Waals surface area (Å²) in [6.07, 6.45) is 1.80. The van der Waals surface area contributed by atoms with E-state index in [0.717, 1.165) is 51.7 Å². The fourth-order valence-electron chi connectivity index (χ4n) is 4.05. The fourth-order valence-corrected chi connectivity index (χ4v) is 5.15. The quantitative estimate of drug-likeness (QED) is 0.674. The Kier molecular flexibility index (Phi) is 4.05. The molecule has 138 valence electrons. The SMILES string of the molecule is [CH]n1nnc(-c2cnc(N3CC4CN(c5cc(C)ccc5Cl)CC4C3)s2)n1. The lowest BCUT2D eigenvalue weighted by Gasteiger charge is -2.24. The monoisotopic (exact) mass is 399 g/mol. The number of benzene rings is 1. The highest BCUT2D eigenvalue weighted by molar-refractivity contribution is 7.18. The minimum atomic E-state index is 0.515. The van der Waals surface area contributed by atoms with Gasteiger partial charge in [0.25, 0.3) is 0 Å². The maximum Gasteiger partial charge on any atom is 0.216 e. The molecule has 0 spiro atoms. The number of tetrazole rings is 1. The Balaban J connectivity index is 1.29. The summed E-state index contributed by atoms with van der Waals surface area (Å²) in [5, 5.41) is 13.5. The van der Waals surface area contributed by atoms with Gasteiger partial charge in [-0.1, -0.05) is 29.0 Å². The summed E-state index contributed by atoms with van der Waals surface area (Å²) in [6, 6.07) is 6.24. The van der Waals surface area contributed by atoms with Gasteiger partial charge in [-0.25, -0.2) is 4.98 Å². The Morgan fingerprint density at radius 3 is 2.59 bits per heavy atom. The number of anilines is 2. The molecule has 5 rings (SSSR count). The molecule has 4 heterocycles. The van der Waals surface area contributed by atoms with Gasteiger partial charge in [0.1, 0.15) is 7.05 Å². The molecule has 0 aliphatic carbocycles. The zero-order valence-electron chi connectivity index (χ0n) is 14.8. The standard InChI is InChI=1S/C18H18ClN7S/c1-11-3-4-14(19)15(5-11)25-7-12-9-26(10-13(12)8-25)18-20-6-16(27-18)17-21-23-24(2)22-17/h2-6,12-13H,7-10H2,1H3. The van der Waals surface area contributed by atoms with Crippen LogP contribution >= 0.6 is 22.9 Å². The van der Waals surface area contributed by atoms with Crippen molar-refractivity contribution in [2.24, 2.45) is 11.8 Å². The van der Waals surface area contributed by atoms with E-state index in [0.29, 0.717) is 17.7 Å². The maximum absolute atomic E-state index is 6.43. The fraction of sp³-hybridized carbons (Fsp3) is 0.389. The Hall–Kier alpha value is -2.19. The predicted molar refractivity (Wildman–Crippen MR) is 106 cm³/mol. The Morgan fingerprint density at radius 2 is 1.89 bits per heavy atom. The highest BCUT2D eigenvalue weighted by atomic mass is 35.5. The Morgan fingerprint density at radius 1 is 1.15 bits per heavy atom. The van der Waals surface area contributed by atoms with Crippen molar-refractivity contribution in [3.8, 4) is 10.7 Å². The number of rotatable bonds is 3. The lowest BCUT2D eigenvalue weighted by Crippen LogP contribution is -2.28. The van der Waals surface area contributed by atoms with Crippen molar-refractivity contribution in [1.29, 1.82) is 0 Å². The molecule has 7 nitrogen and oxygen atoms in total. The number of halogens is 1.